The van der Waals surface area contributed by atoms with Gasteiger partial charge in [0.15, 0.2) is 0 Å². The third-order valence-electron chi connectivity index (χ3n) is 5.39. The van der Waals surface area contributed by atoms with Gasteiger partial charge in [-0.15, -0.1) is 0 Å². The van der Waals surface area contributed by atoms with E-state index >= 15 is 0 Å². The number of hydrogen-bond donors (Lipinski definition) is 3. The van der Waals surface area contributed by atoms with Crippen molar-refractivity contribution in [2.75, 3.05) is 25.0 Å². The molecular weight excluding hydrogens is 351 g/mol. The van der Waals surface area contributed by atoms with Gasteiger partial charge >= 0.3 is 0 Å². The molecule has 3 N–H and O–H groups in total. The summed E-state index contributed by atoms with van der Waals surface area (Å²) >= 11 is 1.84. The SMILES string of the molecule is O=c1[nH]c(CSC2CCNCC2)nc2cc(NCC3CCC3)c(F)cc12. The standard InChI is InChI=1S/C19H25FN4OS/c20-15-8-14-16(9-17(15)22-10-12-2-1-3-12)23-18(24-19(14)25)11-26-13-4-6-21-7-5-13/h8-9,12-13,21-22H,1-7,10-11H2,(H,23,24,25). The summed E-state index contributed by atoms with van der Waals surface area (Å²) in [6.45, 7) is 2.88. The van der Waals surface area contributed by atoms with Crippen LogP contribution in [0.1, 0.15) is 37.9 Å². The maximum Gasteiger partial charge on any atom is 0.258 e. The average Bonchev–Trinajstić information content (AvgIpc) is 2.61. The van der Waals surface area contributed by atoms with Gasteiger partial charge in [0.05, 0.1) is 22.3 Å². The summed E-state index contributed by atoms with van der Waals surface area (Å²) in [6.07, 6.45) is 5.96. The van der Waals surface area contributed by atoms with Crippen LogP contribution in [-0.2, 0) is 5.75 Å². The molecule has 26 heavy (non-hydrogen) atoms. The molecular formula is C19H25FN4OS. The van der Waals surface area contributed by atoms with Crippen LogP contribution < -0.4 is 16.2 Å². The Balaban J connectivity index is 1.51. The van der Waals surface area contributed by atoms with Crippen molar-refractivity contribution in [2.45, 2.75) is 43.1 Å². The summed E-state index contributed by atoms with van der Waals surface area (Å²) in [4.78, 5) is 19.7. The van der Waals surface area contributed by atoms with E-state index in [-0.39, 0.29) is 11.4 Å². The summed E-state index contributed by atoms with van der Waals surface area (Å²) in [7, 11) is 0. The Labute approximate surface area is 156 Å². The molecule has 1 aliphatic carbocycles. The van der Waals surface area contributed by atoms with Crippen LogP contribution >= 0.6 is 11.8 Å². The van der Waals surface area contributed by atoms with E-state index < -0.39 is 0 Å². The smallest absolute Gasteiger partial charge is 0.258 e. The Morgan fingerprint density at radius 3 is 2.77 bits per heavy atom. The molecule has 0 atom stereocenters. The van der Waals surface area contributed by atoms with Gasteiger partial charge < -0.3 is 15.6 Å². The average molecular weight is 377 g/mol. The first-order chi connectivity index (χ1) is 12.7. The minimum atomic E-state index is -0.388. The zero-order valence-electron chi connectivity index (χ0n) is 14.8. The highest BCUT2D eigenvalue weighted by molar-refractivity contribution is 7.99. The van der Waals surface area contributed by atoms with Crippen LogP contribution in [-0.4, -0.2) is 34.9 Å². The fraction of sp³-hybridized carbons (Fsp3) is 0.579. The van der Waals surface area contributed by atoms with Gasteiger partial charge in [0.2, 0.25) is 0 Å². The molecule has 1 aliphatic heterocycles. The molecule has 1 aromatic carbocycles. The number of piperidine rings is 1. The number of rotatable bonds is 6. The number of anilines is 1. The van der Waals surface area contributed by atoms with Gasteiger partial charge in [0.1, 0.15) is 11.6 Å². The molecule has 0 bridgehead atoms. The number of aromatic nitrogens is 2. The highest BCUT2D eigenvalue weighted by atomic mass is 32.2. The molecule has 2 aromatic rings. The topological polar surface area (TPSA) is 69.8 Å². The number of aromatic amines is 1. The number of halogens is 1. The first-order valence-electron chi connectivity index (χ1n) is 9.47. The van der Waals surface area contributed by atoms with Crippen LogP contribution in [0.5, 0.6) is 0 Å². The lowest BCUT2D eigenvalue weighted by Crippen LogP contribution is -2.29. The molecule has 5 nitrogen and oxygen atoms in total. The third-order valence-corrected chi connectivity index (χ3v) is 6.77. The zero-order valence-corrected chi connectivity index (χ0v) is 15.6. The molecule has 1 aromatic heterocycles. The van der Waals surface area contributed by atoms with Crippen molar-refractivity contribution in [1.82, 2.24) is 15.3 Å². The minimum absolute atomic E-state index is 0.264. The number of benzene rings is 1. The van der Waals surface area contributed by atoms with Gasteiger partial charge in [0, 0.05) is 11.8 Å². The Bertz CT molecular complexity index is 830. The number of hydrogen-bond acceptors (Lipinski definition) is 5. The fourth-order valence-electron chi connectivity index (χ4n) is 3.52. The largest absolute Gasteiger partial charge is 0.382 e. The first kappa shape index (κ1) is 17.8. The van der Waals surface area contributed by atoms with E-state index in [9.17, 15) is 9.18 Å². The molecule has 140 valence electrons. The summed E-state index contributed by atoms with van der Waals surface area (Å²) in [6, 6.07) is 2.98. The second-order valence-electron chi connectivity index (χ2n) is 7.30. The van der Waals surface area contributed by atoms with Crippen molar-refractivity contribution in [2.24, 2.45) is 5.92 Å². The van der Waals surface area contributed by atoms with Crippen molar-refractivity contribution in [1.29, 1.82) is 0 Å². The molecule has 0 spiro atoms. The van der Waals surface area contributed by atoms with E-state index in [2.05, 4.69) is 20.6 Å². The second kappa shape index (κ2) is 7.96. The first-order valence-corrected chi connectivity index (χ1v) is 10.5. The van der Waals surface area contributed by atoms with Crippen LogP contribution in [0.2, 0.25) is 0 Å². The van der Waals surface area contributed by atoms with Gasteiger partial charge in [-0.3, -0.25) is 4.79 Å². The van der Waals surface area contributed by atoms with E-state index in [0.29, 0.717) is 39.3 Å². The Kier molecular flexibility index (Phi) is 5.45. The maximum atomic E-state index is 14.3. The molecule has 4 rings (SSSR count). The van der Waals surface area contributed by atoms with Crippen LogP contribution in [0.15, 0.2) is 16.9 Å². The lowest BCUT2D eigenvalue weighted by molar-refractivity contribution is 0.333. The van der Waals surface area contributed by atoms with E-state index in [1.165, 1.54) is 25.3 Å². The quantitative estimate of drug-likeness (QED) is 0.722. The van der Waals surface area contributed by atoms with E-state index in [1.54, 1.807) is 6.07 Å². The monoisotopic (exact) mass is 376 g/mol. The number of thioether (sulfide) groups is 1. The van der Waals surface area contributed by atoms with Gasteiger partial charge in [-0.2, -0.15) is 11.8 Å². The van der Waals surface area contributed by atoms with Gasteiger partial charge in [0.25, 0.3) is 5.56 Å². The third kappa shape index (κ3) is 4.04. The maximum absolute atomic E-state index is 14.3. The summed E-state index contributed by atoms with van der Waals surface area (Å²) in [5.41, 5.74) is 0.743. The molecule has 1 saturated carbocycles. The lowest BCUT2D eigenvalue weighted by Gasteiger charge is -2.26. The van der Waals surface area contributed by atoms with Gasteiger partial charge in [-0.1, -0.05) is 6.42 Å². The predicted octanol–water partition coefficient (Wildman–Crippen LogP) is 3.26. The number of nitrogens with one attached hydrogen (secondary N) is 3. The normalized spacial score (nSPS) is 18.8. The van der Waals surface area contributed by atoms with Crippen LogP contribution in [0.4, 0.5) is 10.1 Å². The van der Waals surface area contributed by atoms with Gasteiger partial charge in [-0.05, 0) is 56.8 Å². The summed E-state index contributed by atoms with van der Waals surface area (Å²) in [5.74, 6) is 1.59. The molecule has 0 radical (unpaired) electrons. The fourth-order valence-corrected chi connectivity index (χ4v) is 4.62. The number of H-pyrrole nitrogens is 1. The molecule has 2 aliphatic rings. The zero-order chi connectivity index (χ0) is 17.9. The highest BCUT2D eigenvalue weighted by Gasteiger charge is 2.18. The molecule has 0 unspecified atom stereocenters. The molecule has 7 heteroatoms. The highest BCUT2D eigenvalue weighted by Crippen LogP contribution is 2.28. The minimum Gasteiger partial charge on any atom is -0.382 e. The predicted molar refractivity (Wildman–Crippen MR) is 105 cm³/mol. The summed E-state index contributed by atoms with van der Waals surface area (Å²) < 4.78 is 14.3. The molecule has 1 saturated heterocycles. The Morgan fingerprint density at radius 2 is 2.04 bits per heavy atom. The molecule has 0 amide bonds. The Hall–Kier alpha value is -1.60. The van der Waals surface area contributed by atoms with E-state index in [1.807, 2.05) is 11.8 Å². The lowest BCUT2D eigenvalue weighted by atomic mass is 9.85. The van der Waals surface area contributed by atoms with Crippen molar-refractivity contribution in [3.8, 4) is 0 Å². The van der Waals surface area contributed by atoms with Crippen molar-refractivity contribution in [3.05, 3.63) is 34.1 Å². The van der Waals surface area contributed by atoms with E-state index in [0.717, 1.165) is 32.5 Å². The van der Waals surface area contributed by atoms with E-state index in [4.69, 9.17) is 0 Å². The van der Waals surface area contributed by atoms with Crippen molar-refractivity contribution < 1.29 is 4.39 Å². The number of nitrogens with zero attached hydrogens (tertiary/aromatic N) is 1. The van der Waals surface area contributed by atoms with Crippen molar-refractivity contribution in [3.63, 3.8) is 0 Å². The van der Waals surface area contributed by atoms with Crippen LogP contribution in [0, 0.1) is 11.7 Å². The van der Waals surface area contributed by atoms with Gasteiger partial charge in [-0.25, -0.2) is 9.37 Å². The van der Waals surface area contributed by atoms with Crippen molar-refractivity contribution >= 4 is 28.4 Å². The second-order valence-corrected chi connectivity index (χ2v) is 8.59. The Morgan fingerprint density at radius 1 is 1.23 bits per heavy atom. The summed E-state index contributed by atoms with van der Waals surface area (Å²) in [5, 5.41) is 7.46. The van der Waals surface area contributed by atoms with Crippen LogP contribution in [0.25, 0.3) is 10.9 Å². The number of fused-ring (bicyclic) bond motifs is 1. The molecule has 2 fully saturated rings. The van der Waals surface area contributed by atoms with Crippen LogP contribution in [0.3, 0.4) is 0 Å². The molecule has 2 heterocycles.